The topological polar surface area (TPSA) is 0 Å². The molecule has 0 amide bonds. The van der Waals surface area contributed by atoms with Crippen molar-refractivity contribution in [3.8, 4) is 0 Å². The Labute approximate surface area is 168 Å². The van der Waals surface area contributed by atoms with E-state index in [9.17, 15) is 0 Å². The Balaban J connectivity index is 1.93. The molecule has 0 N–H and O–H groups in total. The van der Waals surface area contributed by atoms with Crippen molar-refractivity contribution in [3.05, 3.63) is 138 Å². The number of benzene rings is 4. The summed E-state index contributed by atoms with van der Waals surface area (Å²) in [6.07, 6.45) is 2.10. The molecule has 0 saturated carbocycles. The normalized spacial score (nSPS) is 10.3. The van der Waals surface area contributed by atoms with E-state index in [2.05, 4.69) is 127 Å². The van der Waals surface area contributed by atoms with E-state index >= 15 is 0 Å². The van der Waals surface area contributed by atoms with Crippen LogP contribution in [0.15, 0.2) is 127 Å². The van der Waals surface area contributed by atoms with Crippen LogP contribution in [0.2, 0.25) is 0 Å². The molecule has 0 radical (unpaired) electrons. The minimum absolute atomic E-state index is 0.713. The molecule has 0 bridgehead atoms. The maximum absolute atomic E-state index is 3.67. The van der Waals surface area contributed by atoms with Crippen LogP contribution in [-0.2, 0) is 0 Å². The summed E-state index contributed by atoms with van der Waals surface area (Å²) in [5.41, 5.74) is 6.05. The minimum Gasteiger partial charge on any atom is -0.111 e. The van der Waals surface area contributed by atoms with Crippen LogP contribution in [0.25, 0.3) is 11.4 Å². The smallest absolute Gasteiger partial charge is 0.0336 e. The fourth-order valence-electron chi connectivity index (χ4n) is 3.14. The highest BCUT2D eigenvalue weighted by Crippen LogP contribution is 2.48. The van der Waals surface area contributed by atoms with Gasteiger partial charge in [-0.05, 0) is 35.7 Å². The molecule has 4 aromatic rings. The molecular formula is C27H21P. The first kappa shape index (κ1) is 18.2. The second-order valence-electron chi connectivity index (χ2n) is 6.42. The van der Waals surface area contributed by atoms with Crippen molar-refractivity contribution < 1.29 is 0 Å². The third kappa shape index (κ3) is 4.38. The lowest BCUT2D eigenvalue weighted by Gasteiger charge is -2.21. The van der Waals surface area contributed by atoms with Gasteiger partial charge in [-0.15, -0.1) is 5.73 Å². The number of rotatable bonds is 5. The van der Waals surface area contributed by atoms with E-state index < -0.39 is 7.92 Å². The summed E-state index contributed by atoms with van der Waals surface area (Å²) in [5, 5.41) is 3.89. The van der Waals surface area contributed by atoms with E-state index in [4.69, 9.17) is 0 Å². The van der Waals surface area contributed by atoms with E-state index in [1.54, 1.807) is 0 Å². The predicted molar refractivity (Wildman–Crippen MR) is 123 cm³/mol. The van der Waals surface area contributed by atoms with Gasteiger partial charge in [0, 0.05) is 5.31 Å². The SMILES string of the molecule is C(=Cc1ccccc1)=C(c1ccccc1)P(c1ccccc1)c1ccccc1. The standard InChI is InChI=1S/C27H21P/c1-5-13-23(14-6-1)21-22-27(24-15-7-2-8-16-24)28(25-17-9-3-10-18-25)26-19-11-4-12-20-26/h1-21H. The molecule has 0 atom stereocenters. The van der Waals surface area contributed by atoms with Crippen molar-refractivity contribution in [2.45, 2.75) is 0 Å². The summed E-state index contributed by atoms with van der Waals surface area (Å²) >= 11 is 0. The summed E-state index contributed by atoms with van der Waals surface area (Å²) in [4.78, 5) is 0. The van der Waals surface area contributed by atoms with Gasteiger partial charge >= 0.3 is 0 Å². The first-order valence-electron chi connectivity index (χ1n) is 9.39. The van der Waals surface area contributed by atoms with Gasteiger partial charge in [0.2, 0.25) is 0 Å². The molecule has 0 unspecified atom stereocenters. The molecule has 0 nitrogen and oxygen atoms in total. The van der Waals surface area contributed by atoms with E-state index in [1.165, 1.54) is 21.5 Å². The third-order valence-corrected chi connectivity index (χ3v) is 6.94. The molecule has 0 spiro atoms. The molecule has 1 heteroatoms. The molecule has 0 saturated heterocycles. The molecule has 0 aromatic heterocycles. The van der Waals surface area contributed by atoms with Crippen molar-refractivity contribution in [1.82, 2.24) is 0 Å². The van der Waals surface area contributed by atoms with E-state index in [1.807, 2.05) is 6.07 Å². The van der Waals surface area contributed by atoms with Crippen LogP contribution in [0.5, 0.6) is 0 Å². The largest absolute Gasteiger partial charge is 0.111 e. The highest BCUT2D eigenvalue weighted by atomic mass is 31.1. The van der Waals surface area contributed by atoms with Crippen molar-refractivity contribution >= 4 is 29.9 Å². The van der Waals surface area contributed by atoms with Gasteiger partial charge in [-0.3, -0.25) is 0 Å². The molecule has 4 rings (SSSR count). The Kier molecular flexibility index (Phi) is 5.95. The monoisotopic (exact) mass is 376 g/mol. The fraction of sp³-hybridized carbons (Fsp3) is 0. The van der Waals surface area contributed by atoms with Crippen LogP contribution in [-0.4, -0.2) is 0 Å². The second kappa shape index (κ2) is 9.16. The summed E-state index contributed by atoms with van der Waals surface area (Å²) < 4.78 is 0. The Morgan fingerprint density at radius 3 is 1.46 bits per heavy atom. The van der Waals surface area contributed by atoms with E-state index in [0.29, 0.717) is 0 Å². The lowest BCUT2D eigenvalue weighted by atomic mass is 10.2. The van der Waals surface area contributed by atoms with E-state index in [0.717, 1.165) is 5.56 Å². The van der Waals surface area contributed by atoms with Crippen LogP contribution in [0.4, 0.5) is 0 Å². The van der Waals surface area contributed by atoms with Gasteiger partial charge in [0.1, 0.15) is 0 Å². The maximum Gasteiger partial charge on any atom is 0.0336 e. The third-order valence-electron chi connectivity index (χ3n) is 4.47. The van der Waals surface area contributed by atoms with Crippen LogP contribution in [0.3, 0.4) is 0 Å². The molecular weight excluding hydrogens is 355 g/mol. The van der Waals surface area contributed by atoms with Crippen molar-refractivity contribution in [1.29, 1.82) is 0 Å². The lowest BCUT2D eigenvalue weighted by Crippen LogP contribution is -2.12. The average molecular weight is 376 g/mol. The molecule has 134 valence electrons. The fourth-order valence-corrected chi connectivity index (χ4v) is 5.49. The first-order chi connectivity index (χ1) is 13.9. The molecule has 0 aliphatic rings. The average Bonchev–Trinajstić information content (AvgIpc) is 2.79. The highest BCUT2D eigenvalue weighted by molar-refractivity contribution is 7.82. The molecule has 28 heavy (non-hydrogen) atoms. The van der Waals surface area contributed by atoms with Crippen LogP contribution in [0.1, 0.15) is 11.1 Å². The lowest BCUT2D eigenvalue weighted by molar-refractivity contribution is 1.64. The molecule has 0 aliphatic heterocycles. The van der Waals surface area contributed by atoms with Crippen molar-refractivity contribution in [3.63, 3.8) is 0 Å². The van der Waals surface area contributed by atoms with Gasteiger partial charge in [0.15, 0.2) is 0 Å². The zero-order chi connectivity index (χ0) is 19.0. The van der Waals surface area contributed by atoms with Crippen LogP contribution < -0.4 is 10.6 Å². The van der Waals surface area contributed by atoms with E-state index in [-0.39, 0.29) is 0 Å². The van der Waals surface area contributed by atoms with Crippen LogP contribution >= 0.6 is 7.92 Å². The van der Waals surface area contributed by atoms with Gasteiger partial charge in [0.05, 0.1) is 0 Å². The Morgan fingerprint density at radius 2 is 0.964 bits per heavy atom. The molecule has 0 aliphatic carbocycles. The zero-order valence-electron chi connectivity index (χ0n) is 15.6. The summed E-state index contributed by atoms with van der Waals surface area (Å²) in [6, 6.07) is 42.6. The van der Waals surface area contributed by atoms with Crippen LogP contribution in [0, 0.1) is 0 Å². The van der Waals surface area contributed by atoms with Gasteiger partial charge in [-0.2, -0.15) is 0 Å². The molecule has 0 heterocycles. The van der Waals surface area contributed by atoms with Crippen molar-refractivity contribution in [2.24, 2.45) is 0 Å². The Hall–Kier alpha value is -3.17. The summed E-state index contributed by atoms with van der Waals surface area (Å²) in [5.74, 6) is 0. The van der Waals surface area contributed by atoms with Gasteiger partial charge in [0.25, 0.3) is 0 Å². The Bertz CT molecular complexity index is 1020. The minimum atomic E-state index is -0.713. The van der Waals surface area contributed by atoms with Gasteiger partial charge in [-0.25, -0.2) is 0 Å². The van der Waals surface area contributed by atoms with Gasteiger partial charge in [-0.1, -0.05) is 121 Å². The number of hydrogen-bond acceptors (Lipinski definition) is 0. The Morgan fingerprint density at radius 1 is 0.536 bits per heavy atom. The van der Waals surface area contributed by atoms with Gasteiger partial charge < -0.3 is 0 Å². The quantitative estimate of drug-likeness (QED) is 0.276. The predicted octanol–water partition coefficient (Wildman–Crippen LogP) is 6.47. The first-order valence-corrected chi connectivity index (χ1v) is 10.7. The zero-order valence-corrected chi connectivity index (χ0v) is 16.5. The molecule has 0 fully saturated rings. The maximum atomic E-state index is 3.67. The highest BCUT2D eigenvalue weighted by Gasteiger charge is 2.19. The van der Waals surface area contributed by atoms with Crippen molar-refractivity contribution in [2.75, 3.05) is 0 Å². The number of hydrogen-bond donors (Lipinski definition) is 0. The summed E-state index contributed by atoms with van der Waals surface area (Å²) in [6.45, 7) is 0. The molecule has 4 aromatic carbocycles. The second-order valence-corrected chi connectivity index (χ2v) is 8.57. The summed E-state index contributed by atoms with van der Waals surface area (Å²) in [7, 11) is -0.713.